The molecule has 0 spiro atoms. The summed E-state index contributed by atoms with van der Waals surface area (Å²) in [7, 11) is 0. The van der Waals surface area contributed by atoms with Gasteiger partial charge in [0.2, 0.25) is 0 Å². The van der Waals surface area contributed by atoms with Crippen LogP contribution in [-0.2, 0) is 4.74 Å². The van der Waals surface area contributed by atoms with Crippen molar-refractivity contribution in [3.8, 4) is 0 Å². The first-order valence-corrected chi connectivity index (χ1v) is 5.38. The first-order chi connectivity index (χ1) is 6.11. The molecule has 13 heavy (non-hydrogen) atoms. The van der Waals surface area contributed by atoms with E-state index in [2.05, 4.69) is 27.7 Å². The molecular weight excluding hydrogens is 164 g/mol. The van der Waals surface area contributed by atoms with Crippen LogP contribution in [0.1, 0.15) is 34.1 Å². The lowest BCUT2D eigenvalue weighted by atomic mass is 9.75. The summed E-state index contributed by atoms with van der Waals surface area (Å²) >= 11 is 0. The van der Waals surface area contributed by atoms with E-state index < -0.39 is 0 Å². The second-order valence-corrected chi connectivity index (χ2v) is 4.35. The van der Waals surface area contributed by atoms with Gasteiger partial charge in [0.15, 0.2) is 0 Å². The number of ether oxygens (including phenoxy) is 1. The van der Waals surface area contributed by atoms with Crippen molar-refractivity contribution in [1.82, 2.24) is 0 Å². The largest absolute Gasteiger partial charge is 0.394 e. The SMILES string of the molecule is CCC1[C@H](CO)OC(C)[C@@H](C)[C@H]1C. The van der Waals surface area contributed by atoms with Gasteiger partial charge in [0.05, 0.1) is 18.8 Å². The van der Waals surface area contributed by atoms with Gasteiger partial charge in [-0.05, 0) is 24.7 Å². The molecule has 0 radical (unpaired) electrons. The van der Waals surface area contributed by atoms with Gasteiger partial charge in [0.25, 0.3) is 0 Å². The minimum absolute atomic E-state index is 0.0613. The number of hydrogen-bond acceptors (Lipinski definition) is 2. The van der Waals surface area contributed by atoms with Crippen LogP contribution in [0.2, 0.25) is 0 Å². The molecule has 1 N–H and O–H groups in total. The summed E-state index contributed by atoms with van der Waals surface area (Å²) < 4.78 is 5.77. The van der Waals surface area contributed by atoms with Gasteiger partial charge in [-0.2, -0.15) is 0 Å². The minimum atomic E-state index is 0.0613. The molecule has 0 aromatic heterocycles. The highest BCUT2D eigenvalue weighted by Gasteiger charge is 2.37. The zero-order valence-electron chi connectivity index (χ0n) is 9.16. The smallest absolute Gasteiger partial charge is 0.0840 e. The van der Waals surface area contributed by atoms with Gasteiger partial charge in [0.1, 0.15) is 0 Å². The zero-order valence-corrected chi connectivity index (χ0v) is 9.16. The Hall–Kier alpha value is -0.0800. The van der Waals surface area contributed by atoms with E-state index in [1.165, 1.54) is 0 Å². The van der Waals surface area contributed by atoms with Crippen molar-refractivity contribution in [2.75, 3.05) is 6.61 Å². The lowest BCUT2D eigenvalue weighted by Gasteiger charge is -2.43. The highest BCUT2D eigenvalue weighted by atomic mass is 16.5. The van der Waals surface area contributed by atoms with E-state index in [1.807, 2.05) is 0 Å². The van der Waals surface area contributed by atoms with Gasteiger partial charge >= 0.3 is 0 Å². The fourth-order valence-corrected chi connectivity index (χ4v) is 2.47. The van der Waals surface area contributed by atoms with Gasteiger partial charge in [-0.1, -0.05) is 27.2 Å². The van der Waals surface area contributed by atoms with E-state index >= 15 is 0 Å². The van der Waals surface area contributed by atoms with Crippen molar-refractivity contribution in [2.45, 2.75) is 46.3 Å². The molecular formula is C11H22O2. The Morgan fingerprint density at radius 1 is 1.15 bits per heavy atom. The highest BCUT2D eigenvalue weighted by molar-refractivity contribution is 4.85. The molecule has 0 aliphatic carbocycles. The van der Waals surface area contributed by atoms with Gasteiger partial charge in [-0.15, -0.1) is 0 Å². The van der Waals surface area contributed by atoms with Crippen molar-refractivity contribution in [1.29, 1.82) is 0 Å². The Morgan fingerprint density at radius 2 is 1.77 bits per heavy atom. The van der Waals surface area contributed by atoms with Crippen molar-refractivity contribution in [3.05, 3.63) is 0 Å². The molecule has 0 saturated carbocycles. The monoisotopic (exact) mass is 186 g/mol. The molecule has 78 valence electrons. The van der Waals surface area contributed by atoms with Crippen LogP contribution in [0.15, 0.2) is 0 Å². The molecule has 1 heterocycles. The van der Waals surface area contributed by atoms with Crippen LogP contribution in [0.25, 0.3) is 0 Å². The Bertz CT molecular complexity index is 156. The molecule has 0 aromatic carbocycles. The normalized spacial score (nSPS) is 46.4. The van der Waals surface area contributed by atoms with Gasteiger partial charge < -0.3 is 9.84 Å². The van der Waals surface area contributed by atoms with E-state index in [0.717, 1.165) is 6.42 Å². The van der Waals surface area contributed by atoms with E-state index in [0.29, 0.717) is 17.8 Å². The summed E-state index contributed by atoms with van der Waals surface area (Å²) in [5.41, 5.74) is 0. The Kier molecular flexibility index (Phi) is 3.74. The average Bonchev–Trinajstić information content (AvgIpc) is 2.13. The summed E-state index contributed by atoms with van der Waals surface area (Å²) in [6.45, 7) is 8.97. The topological polar surface area (TPSA) is 29.5 Å². The lowest BCUT2D eigenvalue weighted by molar-refractivity contribution is -0.145. The Morgan fingerprint density at radius 3 is 2.23 bits per heavy atom. The third-order valence-corrected chi connectivity index (χ3v) is 3.76. The van der Waals surface area contributed by atoms with Crippen molar-refractivity contribution < 1.29 is 9.84 Å². The number of rotatable bonds is 2. The predicted octanol–water partition coefficient (Wildman–Crippen LogP) is 2.06. The zero-order chi connectivity index (χ0) is 10.0. The van der Waals surface area contributed by atoms with Crippen LogP contribution in [0.4, 0.5) is 0 Å². The van der Waals surface area contributed by atoms with Gasteiger partial charge in [-0.3, -0.25) is 0 Å². The van der Waals surface area contributed by atoms with Crippen LogP contribution < -0.4 is 0 Å². The fourth-order valence-electron chi connectivity index (χ4n) is 2.47. The molecule has 2 heteroatoms. The number of hydrogen-bond donors (Lipinski definition) is 1. The second-order valence-electron chi connectivity index (χ2n) is 4.35. The van der Waals surface area contributed by atoms with Crippen LogP contribution >= 0.6 is 0 Å². The van der Waals surface area contributed by atoms with E-state index in [4.69, 9.17) is 4.74 Å². The van der Waals surface area contributed by atoms with Crippen LogP contribution in [0.5, 0.6) is 0 Å². The number of aliphatic hydroxyl groups excluding tert-OH is 1. The second kappa shape index (κ2) is 4.43. The lowest BCUT2D eigenvalue weighted by Crippen LogP contribution is -2.45. The molecule has 2 nitrogen and oxygen atoms in total. The average molecular weight is 186 g/mol. The van der Waals surface area contributed by atoms with E-state index in [9.17, 15) is 5.11 Å². The maximum atomic E-state index is 9.19. The third kappa shape index (κ3) is 2.05. The first kappa shape index (κ1) is 11.0. The van der Waals surface area contributed by atoms with Crippen molar-refractivity contribution in [2.24, 2.45) is 17.8 Å². The fraction of sp³-hybridized carbons (Fsp3) is 1.00. The van der Waals surface area contributed by atoms with Crippen molar-refractivity contribution in [3.63, 3.8) is 0 Å². The predicted molar refractivity (Wildman–Crippen MR) is 53.5 cm³/mol. The standard InChI is InChI=1S/C11H22O2/c1-5-10-8(3)7(2)9(4)13-11(10)6-12/h7-12H,5-6H2,1-4H3/t7-,8+,9?,10?,11-/m0/s1. The summed E-state index contributed by atoms with van der Waals surface area (Å²) in [6, 6.07) is 0. The molecule has 0 aromatic rings. The molecule has 2 unspecified atom stereocenters. The Labute approximate surface area is 81.3 Å². The maximum absolute atomic E-state index is 9.19. The molecule has 0 bridgehead atoms. The van der Waals surface area contributed by atoms with Crippen LogP contribution in [0, 0.1) is 17.8 Å². The Balaban J connectivity index is 2.69. The summed E-state index contributed by atoms with van der Waals surface area (Å²) in [4.78, 5) is 0. The highest BCUT2D eigenvalue weighted by Crippen LogP contribution is 2.36. The summed E-state index contributed by atoms with van der Waals surface area (Å²) in [5, 5.41) is 9.19. The molecule has 1 saturated heterocycles. The summed E-state index contributed by atoms with van der Waals surface area (Å²) in [6.07, 6.45) is 1.45. The number of aliphatic hydroxyl groups is 1. The summed E-state index contributed by atoms with van der Waals surface area (Å²) in [5.74, 6) is 1.79. The maximum Gasteiger partial charge on any atom is 0.0840 e. The molecule has 1 rings (SSSR count). The first-order valence-electron chi connectivity index (χ1n) is 5.38. The van der Waals surface area contributed by atoms with Crippen LogP contribution in [0.3, 0.4) is 0 Å². The third-order valence-electron chi connectivity index (χ3n) is 3.76. The molecule has 1 aliphatic rings. The van der Waals surface area contributed by atoms with Gasteiger partial charge in [0, 0.05) is 0 Å². The van der Waals surface area contributed by atoms with Gasteiger partial charge in [-0.25, -0.2) is 0 Å². The molecule has 0 amide bonds. The van der Waals surface area contributed by atoms with E-state index in [1.54, 1.807) is 0 Å². The molecule has 1 fully saturated rings. The minimum Gasteiger partial charge on any atom is -0.394 e. The molecule has 5 atom stereocenters. The van der Waals surface area contributed by atoms with Crippen molar-refractivity contribution >= 4 is 0 Å². The molecule has 1 aliphatic heterocycles. The van der Waals surface area contributed by atoms with E-state index in [-0.39, 0.29) is 18.8 Å². The van der Waals surface area contributed by atoms with Crippen LogP contribution in [-0.4, -0.2) is 23.9 Å². The quantitative estimate of drug-likeness (QED) is 0.715.